The van der Waals surface area contributed by atoms with Crippen LogP contribution in [0.3, 0.4) is 0 Å². The quantitative estimate of drug-likeness (QED) is 0.535. The maximum absolute atomic E-state index is 12.8. The molecule has 2 aromatic carbocycles. The van der Waals surface area contributed by atoms with Gasteiger partial charge in [0.2, 0.25) is 5.17 Å². The zero-order chi connectivity index (χ0) is 23.7. The van der Waals surface area contributed by atoms with Crippen molar-refractivity contribution >= 4 is 39.8 Å². The molecule has 2 aliphatic heterocycles. The summed E-state index contributed by atoms with van der Waals surface area (Å²) in [5, 5.41) is 15.5. The van der Waals surface area contributed by atoms with E-state index in [1.54, 1.807) is 13.2 Å². The highest BCUT2D eigenvalue weighted by Gasteiger charge is 2.36. The van der Waals surface area contributed by atoms with Crippen molar-refractivity contribution < 1.29 is 14.3 Å². The second-order valence-corrected chi connectivity index (χ2v) is 8.61. The van der Waals surface area contributed by atoms with Crippen LogP contribution in [0.25, 0.3) is 11.8 Å². The van der Waals surface area contributed by atoms with Crippen LogP contribution in [0.15, 0.2) is 82.5 Å². The number of amidine groups is 2. The van der Waals surface area contributed by atoms with Crippen molar-refractivity contribution in [3.63, 3.8) is 0 Å². The first-order valence-corrected chi connectivity index (χ1v) is 11.3. The molecule has 0 atom stereocenters. The summed E-state index contributed by atoms with van der Waals surface area (Å²) in [5.41, 5.74) is 2.84. The number of benzene rings is 2. The molecule has 3 heterocycles. The number of thioether (sulfide) groups is 1. The molecule has 0 unspecified atom stereocenters. The third-order valence-electron chi connectivity index (χ3n) is 5.36. The summed E-state index contributed by atoms with van der Waals surface area (Å²) < 4.78 is 13.0. The Labute approximate surface area is 200 Å². The molecular formula is C25H21N5O3S. The fourth-order valence-corrected chi connectivity index (χ4v) is 4.38. The monoisotopic (exact) mass is 471 g/mol. The lowest BCUT2D eigenvalue weighted by Gasteiger charge is -2.20. The number of nitrogens with one attached hydrogen (secondary N) is 1. The normalized spacial score (nSPS) is 16.4. The molecule has 1 aromatic heterocycles. The molecule has 2 aliphatic rings. The number of ether oxygens (including phenoxy) is 2. The van der Waals surface area contributed by atoms with E-state index in [1.807, 2.05) is 78.4 Å². The molecule has 0 radical (unpaired) electrons. The van der Waals surface area contributed by atoms with E-state index in [9.17, 15) is 4.79 Å². The summed E-state index contributed by atoms with van der Waals surface area (Å²) in [6.45, 7) is 2.20. The Morgan fingerprint density at radius 3 is 2.65 bits per heavy atom. The van der Waals surface area contributed by atoms with E-state index in [-0.39, 0.29) is 18.0 Å². The van der Waals surface area contributed by atoms with Gasteiger partial charge in [-0.25, -0.2) is 0 Å². The van der Waals surface area contributed by atoms with Gasteiger partial charge in [-0.15, -0.1) is 0 Å². The largest absolute Gasteiger partial charge is 0.497 e. The molecule has 5 rings (SSSR count). The van der Waals surface area contributed by atoms with Crippen molar-refractivity contribution in [1.29, 1.82) is 5.41 Å². The Kier molecular flexibility index (Phi) is 5.77. The van der Waals surface area contributed by atoms with Gasteiger partial charge < -0.3 is 14.0 Å². The maximum atomic E-state index is 12.8. The van der Waals surface area contributed by atoms with Gasteiger partial charge in [-0.05, 0) is 72.8 Å². The third kappa shape index (κ3) is 4.13. The minimum atomic E-state index is -0.470. The van der Waals surface area contributed by atoms with Crippen molar-refractivity contribution in [1.82, 2.24) is 9.58 Å². The zero-order valence-corrected chi connectivity index (χ0v) is 19.4. The lowest BCUT2D eigenvalue weighted by atomic mass is 10.1. The Morgan fingerprint density at radius 2 is 1.88 bits per heavy atom. The average Bonchev–Trinajstić information content (AvgIpc) is 3.48. The molecule has 0 aliphatic carbocycles. The van der Waals surface area contributed by atoms with E-state index in [0.29, 0.717) is 10.2 Å². The highest BCUT2D eigenvalue weighted by atomic mass is 32.2. The van der Waals surface area contributed by atoms with Crippen LogP contribution >= 0.6 is 11.8 Å². The Balaban J connectivity index is 1.38. The van der Waals surface area contributed by atoms with Gasteiger partial charge >= 0.3 is 0 Å². The van der Waals surface area contributed by atoms with Crippen LogP contribution in [0.5, 0.6) is 11.5 Å². The van der Waals surface area contributed by atoms with E-state index in [4.69, 9.17) is 14.9 Å². The van der Waals surface area contributed by atoms with E-state index < -0.39 is 5.91 Å². The number of fused-ring (bicyclic) bond motifs is 1. The highest BCUT2D eigenvalue weighted by molar-refractivity contribution is 8.27. The van der Waals surface area contributed by atoms with E-state index in [2.05, 4.69) is 10.1 Å². The average molecular weight is 472 g/mol. The minimum Gasteiger partial charge on any atom is -0.497 e. The first kappa shape index (κ1) is 21.7. The van der Waals surface area contributed by atoms with Crippen LogP contribution in [0.1, 0.15) is 11.3 Å². The number of carbonyl (C=O) groups excluding carboxylic acids is 1. The number of para-hydroxylation sites is 1. The van der Waals surface area contributed by atoms with Crippen molar-refractivity contribution in [3.8, 4) is 17.2 Å². The van der Waals surface area contributed by atoms with Crippen molar-refractivity contribution in [2.75, 3.05) is 13.7 Å². The number of aryl methyl sites for hydroxylation is 1. The van der Waals surface area contributed by atoms with Crippen molar-refractivity contribution in [2.24, 2.45) is 10.1 Å². The number of hydrazone groups is 1. The molecule has 8 nitrogen and oxygen atoms in total. The predicted octanol–water partition coefficient (Wildman–Crippen LogP) is 4.49. The Morgan fingerprint density at radius 1 is 1.09 bits per heavy atom. The van der Waals surface area contributed by atoms with Gasteiger partial charge in [0.05, 0.1) is 12.7 Å². The summed E-state index contributed by atoms with van der Waals surface area (Å²) in [6, 6.07) is 19.1. The van der Waals surface area contributed by atoms with Gasteiger partial charge in [0.25, 0.3) is 5.91 Å². The van der Waals surface area contributed by atoms with Gasteiger partial charge in [-0.1, -0.05) is 18.2 Å². The smallest absolute Gasteiger partial charge is 0.283 e. The zero-order valence-electron chi connectivity index (χ0n) is 18.6. The van der Waals surface area contributed by atoms with E-state index in [1.165, 1.54) is 16.8 Å². The molecule has 0 bridgehead atoms. The maximum Gasteiger partial charge on any atom is 0.283 e. The fourth-order valence-electron chi connectivity index (χ4n) is 3.59. The number of amides is 1. The summed E-state index contributed by atoms with van der Waals surface area (Å²) in [6.07, 6.45) is 3.56. The number of rotatable bonds is 6. The van der Waals surface area contributed by atoms with Crippen LogP contribution in [-0.4, -0.2) is 45.2 Å². The second-order valence-electron chi connectivity index (χ2n) is 7.57. The number of aliphatic imine (C=N–C) groups is 1. The first-order chi connectivity index (χ1) is 16.5. The van der Waals surface area contributed by atoms with Gasteiger partial charge in [0.15, 0.2) is 5.84 Å². The fraction of sp³-hybridized carbons (Fsp3) is 0.120. The SMILES string of the molecule is COc1ccc(-n2cccc2/C=C2/C(=N)N3N=C(COc4ccccc4C)SC3=NC2=O)cc1. The summed E-state index contributed by atoms with van der Waals surface area (Å²) in [5.74, 6) is 1.04. The summed E-state index contributed by atoms with van der Waals surface area (Å²) >= 11 is 1.24. The topological polar surface area (TPSA) is 92.3 Å². The van der Waals surface area contributed by atoms with Gasteiger partial charge in [-0.3, -0.25) is 10.2 Å². The molecule has 0 saturated heterocycles. The van der Waals surface area contributed by atoms with E-state index >= 15 is 0 Å². The van der Waals surface area contributed by atoms with Crippen LogP contribution in [0, 0.1) is 12.3 Å². The van der Waals surface area contributed by atoms with Crippen LogP contribution in [0.2, 0.25) is 0 Å². The molecule has 1 N–H and O–H groups in total. The third-order valence-corrected chi connectivity index (χ3v) is 6.25. The Hall–Kier alpha value is -4.11. The first-order valence-electron chi connectivity index (χ1n) is 10.5. The molecule has 0 fully saturated rings. The number of nitrogens with zero attached hydrogens (tertiary/aromatic N) is 4. The van der Waals surface area contributed by atoms with Gasteiger partial charge in [0, 0.05) is 17.6 Å². The minimum absolute atomic E-state index is 0.0177. The predicted molar refractivity (Wildman–Crippen MR) is 134 cm³/mol. The highest BCUT2D eigenvalue weighted by Crippen LogP contribution is 2.29. The van der Waals surface area contributed by atoms with Gasteiger partial charge in [-0.2, -0.15) is 15.1 Å². The standard InChI is InChI=1S/C25H21N5O3S/c1-16-6-3-4-8-21(16)33-15-22-28-30-23(26)20(24(31)27-25(30)34-22)14-18-7-5-13-29(18)17-9-11-19(32-2)12-10-17/h3-14,26H,15H2,1-2H3/b20-14-,26-23?. The second kappa shape index (κ2) is 9.03. The van der Waals surface area contributed by atoms with Crippen molar-refractivity contribution in [2.45, 2.75) is 6.92 Å². The lowest BCUT2D eigenvalue weighted by Crippen LogP contribution is -2.35. The number of hydrogen-bond acceptors (Lipinski definition) is 6. The Bertz CT molecular complexity index is 1370. The number of carbonyl (C=O) groups is 1. The molecule has 170 valence electrons. The van der Waals surface area contributed by atoms with Crippen LogP contribution in [0.4, 0.5) is 0 Å². The number of hydrogen-bond donors (Lipinski definition) is 1. The summed E-state index contributed by atoms with van der Waals surface area (Å²) in [7, 11) is 1.62. The molecule has 34 heavy (non-hydrogen) atoms. The van der Waals surface area contributed by atoms with Crippen LogP contribution < -0.4 is 9.47 Å². The van der Waals surface area contributed by atoms with Gasteiger partial charge in [0.1, 0.15) is 23.1 Å². The van der Waals surface area contributed by atoms with E-state index in [0.717, 1.165) is 28.4 Å². The molecule has 0 saturated carbocycles. The lowest BCUT2D eigenvalue weighted by molar-refractivity contribution is -0.114. The number of aromatic nitrogens is 1. The number of methoxy groups -OCH3 is 1. The molecule has 9 heteroatoms. The molecule has 3 aromatic rings. The molecular weight excluding hydrogens is 450 g/mol. The molecule has 1 amide bonds. The van der Waals surface area contributed by atoms with Crippen LogP contribution in [-0.2, 0) is 4.79 Å². The summed E-state index contributed by atoms with van der Waals surface area (Å²) in [4.78, 5) is 17.0. The molecule has 0 spiro atoms. The van der Waals surface area contributed by atoms with Crippen molar-refractivity contribution in [3.05, 3.63) is 83.7 Å².